The minimum absolute atomic E-state index is 0. The molecule has 252 valence electrons. The van der Waals surface area contributed by atoms with E-state index in [-0.39, 0.29) is 54.9 Å². The fourth-order valence-electron chi connectivity index (χ4n) is 5.85. The van der Waals surface area contributed by atoms with Crippen molar-refractivity contribution in [3.8, 4) is 45.2 Å². The van der Waals surface area contributed by atoms with Gasteiger partial charge in [-0.05, 0) is 58.2 Å². The minimum atomic E-state index is -3.54. The third kappa shape index (κ3) is 6.99. The summed E-state index contributed by atoms with van der Waals surface area (Å²) < 4.78 is 78.4. The molecule has 0 spiro atoms. The zero-order valence-electron chi connectivity index (χ0n) is 37.2. The number of pyridine rings is 1. The van der Waals surface area contributed by atoms with Crippen LogP contribution in [0.15, 0.2) is 91.0 Å². The molecule has 0 amide bonds. The first-order valence-corrected chi connectivity index (χ1v) is 15.7. The molecule has 1 N–H and O–H groups in total. The number of para-hydroxylation sites is 2. The molecule has 0 atom stereocenters. The van der Waals surface area contributed by atoms with Gasteiger partial charge in [-0.15, -0.1) is 29.3 Å². The van der Waals surface area contributed by atoms with Crippen LogP contribution in [0, 0.1) is 12.6 Å². The van der Waals surface area contributed by atoms with Crippen LogP contribution in [-0.2, 0) is 37.3 Å². The van der Waals surface area contributed by atoms with Crippen LogP contribution in [0.1, 0.15) is 91.1 Å². The second-order valence-corrected chi connectivity index (χ2v) is 14.1. The van der Waals surface area contributed by atoms with Crippen molar-refractivity contribution in [3.63, 3.8) is 0 Å². The van der Waals surface area contributed by atoms with Gasteiger partial charge >= 0.3 is 0 Å². The van der Waals surface area contributed by atoms with Crippen LogP contribution >= 0.6 is 0 Å². The van der Waals surface area contributed by atoms with E-state index in [0.717, 1.165) is 16.8 Å². The standard InChI is InChI=1S/C43H43N4O.Pt/c1-41(2,3)29-23-27(22-28(24-29)35-19-15-21-37(44-10)45-35)32-18-14-20-36-38(32)46-40(47(36)31-16-12-11-13-17-31)33-25-30(42(4,5)6)26-34(39(33)48)43(7,8)9;/h11-21,23-26,48H,1-9H3;/q-1;/i1D3,2D3,3D3;. The first kappa shape index (κ1) is 25.4. The van der Waals surface area contributed by atoms with Crippen LogP contribution in [0.2, 0.25) is 0 Å². The van der Waals surface area contributed by atoms with E-state index in [4.69, 9.17) is 23.9 Å². The van der Waals surface area contributed by atoms with Crippen LogP contribution in [-0.4, -0.2) is 19.6 Å². The maximum Gasteiger partial charge on any atom is 0.262 e. The van der Waals surface area contributed by atoms with Gasteiger partial charge in [0.2, 0.25) is 0 Å². The maximum absolute atomic E-state index is 12.1. The predicted octanol–water partition coefficient (Wildman–Crippen LogP) is 11.4. The third-order valence-electron chi connectivity index (χ3n) is 8.44. The quantitative estimate of drug-likeness (QED) is 0.180. The van der Waals surface area contributed by atoms with E-state index in [1.54, 1.807) is 24.3 Å². The second-order valence-electron chi connectivity index (χ2n) is 14.1. The van der Waals surface area contributed by atoms with Crippen molar-refractivity contribution in [2.75, 3.05) is 0 Å². The first-order valence-electron chi connectivity index (χ1n) is 20.2. The van der Waals surface area contributed by atoms with E-state index in [2.05, 4.69) is 36.7 Å². The van der Waals surface area contributed by atoms with Gasteiger partial charge in [-0.1, -0.05) is 122 Å². The first-order chi connectivity index (χ1) is 26.3. The van der Waals surface area contributed by atoms with Gasteiger partial charge in [0.1, 0.15) is 11.6 Å². The molecule has 0 saturated carbocycles. The van der Waals surface area contributed by atoms with E-state index >= 15 is 0 Å². The van der Waals surface area contributed by atoms with Crippen molar-refractivity contribution < 1.29 is 38.5 Å². The largest absolute Gasteiger partial charge is 0.507 e. The molecule has 0 saturated heterocycles. The molecule has 0 aliphatic carbocycles. The van der Waals surface area contributed by atoms with Crippen LogP contribution in [0.4, 0.5) is 5.82 Å². The van der Waals surface area contributed by atoms with E-state index in [0.29, 0.717) is 28.0 Å². The Kier molecular flexibility index (Phi) is 6.79. The molecular weight excluding hydrogens is 784 g/mol. The molecule has 6 rings (SSSR count). The van der Waals surface area contributed by atoms with Gasteiger partial charge < -0.3 is 9.95 Å². The maximum atomic E-state index is 12.1. The number of rotatable bonds is 4. The van der Waals surface area contributed by atoms with E-state index in [1.807, 2.05) is 73.9 Å². The molecule has 2 heterocycles. The summed E-state index contributed by atoms with van der Waals surface area (Å²) in [6, 6.07) is 29.0. The Morgan fingerprint density at radius 1 is 0.735 bits per heavy atom. The third-order valence-corrected chi connectivity index (χ3v) is 8.44. The molecule has 0 fully saturated rings. The topological polar surface area (TPSA) is 55.3 Å². The normalized spacial score (nSPS) is 15.6. The fraction of sp³-hybridized carbons (Fsp3) is 0.279. The Bertz CT molecular complexity index is 2500. The number of nitrogens with zero attached hydrogens (tertiary/aromatic N) is 4. The fourth-order valence-corrected chi connectivity index (χ4v) is 5.85. The van der Waals surface area contributed by atoms with Crippen molar-refractivity contribution >= 4 is 16.9 Å². The van der Waals surface area contributed by atoms with E-state index in [9.17, 15) is 5.11 Å². The molecule has 6 aromatic rings. The average Bonchev–Trinajstić information content (AvgIpc) is 3.49. The molecule has 2 aromatic heterocycles. The number of hydrogen-bond donors (Lipinski definition) is 1. The number of fused-ring (bicyclic) bond motifs is 1. The molecule has 49 heavy (non-hydrogen) atoms. The van der Waals surface area contributed by atoms with Gasteiger partial charge in [0.05, 0.1) is 22.3 Å². The van der Waals surface area contributed by atoms with E-state index < -0.39 is 36.9 Å². The minimum Gasteiger partial charge on any atom is -0.507 e. The van der Waals surface area contributed by atoms with Gasteiger partial charge in [-0.2, -0.15) is 4.98 Å². The van der Waals surface area contributed by atoms with Gasteiger partial charge in [0, 0.05) is 44.7 Å². The zero-order valence-corrected chi connectivity index (χ0v) is 30.5. The van der Waals surface area contributed by atoms with Crippen molar-refractivity contribution in [1.82, 2.24) is 14.5 Å². The number of phenolic OH excluding ortho intramolecular Hbond substituents is 1. The number of imidazole rings is 1. The Morgan fingerprint density at radius 3 is 2.06 bits per heavy atom. The number of benzene rings is 4. The van der Waals surface area contributed by atoms with Crippen molar-refractivity contribution in [1.29, 1.82) is 0 Å². The van der Waals surface area contributed by atoms with Crippen LogP contribution in [0.5, 0.6) is 5.75 Å². The average molecular weight is 836 g/mol. The Balaban J connectivity index is 0.00000641. The molecule has 0 radical (unpaired) electrons. The molecule has 0 unspecified atom stereocenters. The summed E-state index contributed by atoms with van der Waals surface area (Å²) in [5.74, 6) is 0.480. The summed E-state index contributed by atoms with van der Waals surface area (Å²) in [5, 5.41) is 12.1. The predicted molar refractivity (Wildman–Crippen MR) is 198 cm³/mol. The van der Waals surface area contributed by atoms with Crippen LogP contribution < -0.4 is 0 Å². The monoisotopic (exact) mass is 835 g/mol. The van der Waals surface area contributed by atoms with Crippen molar-refractivity contribution in [2.24, 2.45) is 0 Å². The number of aromatic nitrogens is 3. The molecular formula is C43H43N4OPt-. The Hall–Kier alpha value is -4.52. The summed E-state index contributed by atoms with van der Waals surface area (Å²) in [5.41, 5.74) is 0.0780. The summed E-state index contributed by atoms with van der Waals surface area (Å²) in [6.45, 7) is 9.26. The number of phenols is 1. The molecule has 0 aliphatic rings. The summed E-state index contributed by atoms with van der Waals surface area (Å²) in [7, 11) is 0. The van der Waals surface area contributed by atoms with Crippen LogP contribution in [0.3, 0.4) is 0 Å². The summed E-state index contributed by atoms with van der Waals surface area (Å²) in [6.07, 6.45) is 0. The van der Waals surface area contributed by atoms with Gasteiger partial charge in [-0.25, -0.2) is 4.98 Å². The van der Waals surface area contributed by atoms with Crippen molar-refractivity contribution in [2.45, 2.75) is 78.3 Å². The summed E-state index contributed by atoms with van der Waals surface area (Å²) >= 11 is 0. The second kappa shape index (κ2) is 13.1. The van der Waals surface area contributed by atoms with E-state index in [1.165, 1.54) is 18.2 Å². The Labute approximate surface area is 317 Å². The molecule has 0 aliphatic heterocycles. The van der Waals surface area contributed by atoms with Gasteiger partial charge in [0.25, 0.3) is 5.82 Å². The zero-order chi connectivity index (χ0) is 42.1. The van der Waals surface area contributed by atoms with Gasteiger partial charge in [0.15, 0.2) is 0 Å². The SMILES string of the molecule is [2H]C([2H])([2H])C(c1cc(-c2cccc([N+]#[C-])n2)[c-]c(-c2cccc3c2nc(-c2cc(C(C)(C)C)cc(C(C)(C)C)c2O)n3-c2ccccc2)c1)(C([2H])([2H])[2H])C([2H])([2H])[2H].[Pt]. The Morgan fingerprint density at radius 2 is 1.41 bits per heavy atom. The smallest absolute Gasteiger partial charge is 0.262 e. The molecule has 6 heteroatoms. The molecule has 4 aromatic carbocycles. The van der Waals surface area contributed by atoms with Gasteiger partial charge in [-0.3, -0.25) is 4.57 Å². The molecule has 0 bridgehead atoms. The number of aromatic hydroxyl groups is 1. The number of hydrogen-bond acceptors (Lipinski definition) is 3. The van der Waals surface area contributed by atoms with Crippen molar-refractivity contribution in [3.05, 3.63) is 125 Å². The van der Waals surface area contributed by atoms with Crippen LogP contribution in [0.25, 0.3) is 55.3 Å². The molecule has 5 nitrogen and oxygen atoms in total. The summed E-state index contributed by atoms with van der Waals surface area (Å²) in [4.78, 5) is 13.0.